The van der Waals surface area contributed by atoms with Crippen molar-refractivity contribution in [2.45, 2.75) is 19.9 Å². The van der Waals surface area contributed by atoms with Crippen LogP contribution < -0.4 is 16.4 Å². The molecule has 0 aromatic carbocycles. The van der Waals surface area contributed by atoms with E-state index in [1.807, 2.05) is 6.92 Å². The lowest BCUT2D eigenvalue weighted by Gasteiger charge is -2.11. The highest BCUT2D eigenvalue weighted by molar-refractivity contribution is 7.17. The maximum Gasteiger partial charge on any atom is 0.264 e. The molecule has 0 spiro atoms. The number of carbonyl (C=O) groups excluding carboxylic acids is 2. The number of rotatable bonds is 6. The molecule has 0 saturated heterocycles. The Hall–Kier alpha value is -1.67. The van der Waals surface area contributed by atoms with Gasteiger partial charge in [-0.15, -0.1) is 0 Å². The van der Waals surface area contributed by atoms with Gasteiger partial charge in [0.25, 0.3) is 5.91 Å². The molecule has 1 aromatic rings. The molecule has 1 rings (SSSR count). The number of aryl methyl sites for hydroxylation is 1. The average Bonchev–Trinajstić information content (AvgIpc) is 2.67. The van der Waals surface area contributed by atoms with E-state index >= 15 is 0 Å². The second-order valence-electron chi connectivity index (χ2n) is 3.57. The average molecular weight is 272 g/mol. The summed E-state index contributed by atoms with van der Waals surface area (Å²) in [5, 5.41) is 14.9. The Labute approximate surface area is 108 Å². The van der Waals surface area contributed by atoms with E-state index in [0.29, 0.717) is 22.2 Å². The Morgan fingerprint density at radius 1 is 1.56 bits per heavy atom. The molecular weight excluding hydrogens is 256 g/mol. The van der Waals surface area contributed by atoms with Gasteiger partial charge in [0, 0.05) is 6.54 Å². The summed E-state index contributed by atoms with van der Waals surface area (Å²) in [6.07, 6.45) is 0. The van der Waals surface area contributed by atoms with Crippen molar-refractivity contribution in [2.75, 3.05) is 18.5 Å². The number of thiazole rings is 1. The highest BCUT2D eigenvalue weighted by Crippen LogP contribution is 2.22. The third kappa shape index (κ3) is 3.41. The van der Waals surface area contributed by atoms with Crippen LogP contribution in [0.15, 0.2) is 0 Å². The largest absolute Gasteiger partial charge is 0.394 e. The number of hydrogen-bond acceptors (Lipinski definition) is 6. The molecule has 0 aliphatic carbocycles. The maximum atomic E-state index is 11.9. The quantitative estimate of drug-likeness (QED) is 0.555. The van der Waals surface area contributed by atoms with Crippen molar-refractivity contribution in [3.8, 4) is 0 Å². The summed E-state index contributed by atoms with van der Waals surface area (Å²) in [5.74, 6) is -1.24. The summed E-state index contributed by atoms with van der Waals surface area (Å²) in [6, 6.07) is -1.08. The number of primary amides is 1. The van der Waals surface area contributed by atoms with Gasteiger partial charge in [0.05, 0.1) is 12.3 Å². The van der Waals surface area contributed by atoms with Crippen molar-refractivity contribution in [1.82, 2.24) is 10.3 Å². The van der Waals surface area contributed by atoms with Crippen LogP contribution in [0.2, 0.25) is 0 Å². The molecule has 1 heterocycles. The number of nitrogens with one attached hydrogen (secondary N) is 2. The van der Waals surface area contributed by atoms with E-state index in [4.69, 9.17) is 10.8 Å². The molecule has 0 aliphatic rings. The predicted octanol–water partition coefficient (Wildman–Crippen LogP) is -0.541. The maximum absolute atomic E-state index is 11.9. The summed E-state index contributed by atoms with van der Waals surface area (Å²) in [7, 11) is 0. The molecule has 0 radical (unpaired) electrons. The van der Waals surface area contributed by atoms with E-state index in [9.17, 15) is 9.59 Å². The van der Waals surface area contributed by atoms with Crippen LogP contribution in [0.3, 0.4) is 0 Å². The SMILES string of the molecule is CCNc1nc(C)c(C(=O)N[C@@H](CO)C(N)=O)s1. The van der Waals surface area contributed by atoms with Crippen molar-refractivity contribution >= 4 is 28.3 Å². The zero-order valence-electron chi connectivity index (χ0n) is 10.2. The molecule has 2 amide bonds. The molecule has 1 atom stereocenters. The topological polar surface area (TPSA) is 117 Å². The van der Waals surface area contributed by atoms with E-state index < -0.39 is 24.5 Å². The number of aromatic nitrogens is 1. The second kappa shape index (κ2) is 6.31. The molecule has 7 nitrogen and oxygen atoms in total. The molecule has 0 aliphatic heterocycles. The fourth-order valence-electron chi connectivity index (χ4n) is 1.26. The number of aliphatic hydroxyl groups is 1. The molecule has 5 N–H and O–H groups in total. The van der Waals surface area contributed by atoms with E-state index in [1.54, 1.807) is 6.92 Å². The Balaban J connectivity index is 2.80. The molecule has 0 fully saturated rings. The van der Waals surface area contributed by atoms with Crippen LogP contribution in [0, 0.1) is 6.92 Å². The van der Waals surface area contributed by atoms with Gasteiger partial charge in [-0.05, 0) is 13.8 Å². The van der Waals surface area contributed by atoms with E-state index in [2.05, 4.69) is 15.6 Å². The van der Waals surface area contributed by atoms with Crippen molar-refractivity contribution in [3.05, 3.63) is 10.6 Å². The van der Waals surface area contributed by atoms with Crippen LogP contribution in [0.5, 0.6) is 0 Å². The first-order valence-electron chi connectivity index (χ1n) is 5.41. The van der Waals surface area contributed by atoms with Gasteiger partial charge >= 0.3 is 0 Å². The zero-order chi connectivity index (χ0) is 13.7. The lowest BCUT2D eigenvalue weighted by Crippen LogP contribution is -2.46. The van der Waals surface area contributed by atoms with Gasteiger partial charge in [-0.3, -0.25) is 9.59 Å². The molecule has 8 heteroatoms. The fourth-order valence-corrected chi connectivity index (χ4v) is 2.20. The standard InChI is InChI=1S/C10H16N4O3S/c1-3-12-10-13-5(2)7(18-10)9(17)14-6(4-15)8(11)16/h6,15H,3-4H2,1-2H3,(H2,11,16)(H,12,13)(H,14,17)/t6-/m0/s1. The molecule has 0 unspecified atom stereocenters. The Bertz CT molecular complexity index is 446. The van der Waals surface area contributed by atoms with Crippen molar-refractivity contribution in [3.63, 3.8) is 0 Å². The molecular formula is C10H16N4O3S. The first-order valence-corrected chi connectivity index (χ1v) is 6.23. The number of amides is 2. The minimum Gasteiger partial charge on any atom is -0.394 e. The number of anilines is 1. The van der Waals surface area contributed by atoms with Crippen molar-refractivity contribution in [2.24, 2.45) is 5.73 Å². The van der Waals surface area contributed by atoms with Gasteiger partial charge in [0.15, 0.2) is 5.13 Å². The molecule has 0 saturated carbocycles. The van der Waals surface area contributed by atoms with Gasteiger partial charge in [0.1, 0.15) is 10.9 Å². The lowest BCUT2D eigenvalue weighted by molar-refractivity contribution is -0.120. The van der Waals surface area contributed by atoms with Crippen LogP contribution in [-0.4, -0.2) is 41.1 Å². The number of nitrogens with two attached hydrogens (primary N) is 1. The monoisotopic (exact) mass is 272 g/mol. The van der Waals surface area contributed by atoms with Crippen LogP contribution in [0.4, 0.5) is 5.13 Å². The van der Waals surface area contributed by atoms with Gasteiger partial charge in [-0.1, -0.05) is 11.3 Å². The number of aliphatic hydroxyl groups excluding tert-OH is 1. The third-order valence-corrected chi connectivity index (χ3v) is 3.28. The molecule has 0 bridgehead atoms. The van der Waals surface area contributed by atoms with Crippen LogP contribution >= 0.6 is 11.3 Å². The highest BCUT2D eigenvalue weighted by Gasteiger charge is 2.21. The second-order valence-corrected chi connectivity index (χ2v) is 4.57. The lowest BCUT2D eigenvalue weighted by atomic mass is 10.3. The summed E-state index contributed by atoms with van der Waals surface area (Å²) >= 11 is 1.19. The first-order chi connectivity index (χ1) is 8.49. The highest BCUT2D eigenvalue weighted by atomic mass is 32.1. The van der Waals surface area contributed by atoms with Crippen molar-refractivity contribution in [1.29, 1.82) is 0 Å². The minimum atomic E-state index is -1.08. The summed E-state index contributed by atoms with van der Waals surface area (Å²) in [6.45, 7) is 3.80. The van der Waals surface area contributed by atoms with E-state index in [-0.39, 0.29) is 0 Å². The van der Waals surface area contributed by atoms with Crippen LogP contribution in [0.25, 0.3) is 0 Å². The number of carbonyl (C=O) groups is 2. The van der Waals surface area contributed by atoms with E-state index in [0.717, 1.165) is 0 Å². The molecule has 1 aromatic heterocycles. The number of hydrogen-bond donors (Lipinski definition) is 4. The number of nitrogens with zero attached hydrogens (tertiary/aromatic N) is 1. The fraction of sp³-hybridized carbons (Fsp3) is 0.500. The molecule has 18 heavy (non-hydrogen) atoms. The van der Waals surface area contributed by atoms with Crippen LogP contribution in [-0.2, 0) is 4.79 Å². The summed E-state index contributed by atoms with van der Waals surface area (Å²) < 4.78 is 0. The normalized spacial score (nSPS) is 11.9. The summed E-state index contributed by atoms with van der Waals surface area (Å²) in [4.78, 5) is 27.3. The zero-order valence-corrected chi connectivity index (χ0v) is 11.0. The Morgan fingerprint density at radius 3 is 2.72 bits per heavy atom. The van der Waals surface area contributed by atoms with Gasteiger partial charge < -0.3 is 21.5 Å². The van der Waals surface area contributed by atoms with Gasteiger partial charge in [0.2, 0.25) is 5.91 Å². The smallest absolute Gasteiger partial charge is 0.264 e. The summed E-state index contributed by atoms with van der Waals surface area (Å²) in [5.41, 5.74) is 5.59. The minimum absolute atomic E-state index is 0.394. The van der Waals surface area contributed by atoms with Crippen LogP contribution in [0.1, 0.15) is 22.3 Å². The van der Waals surface area contributed by atoms with Gasteiger partial charge in [-0.25, -0.2) is 4.98 Å². The predicted molar refractivity (Wildman–Crippen MR) is 68.5 cm³/mol. The Morgan fingerprint density at radius 2 is 2.22 bits per heavy atom. The van der Waals surface area contributed by atoms with Crippen molar-refractivity contribution < 1.29 is 14.7 Å². The molecule has 100 valence electrons. The Kier molecular flexibility index (Phi) is 5.05. The van der Waals surface area contributed by atoms with E-state index in [1.165, 1.54) is 11.3 Å². The van der Waals surface area contributed by atoms with Gasteiger partial charge in [-0.2, -0.15) is 0 Å². The third-order valence-electron chi connectivity index (χ3n) is 2.16. The first kappa shape index (κ1) is 14.4.